The van der Waals surface area contributed by atoms with Gasteiger partial charge in [0.05, 0.1) is 6.10 Å². The van der Waals surface area contributed by atoms with Crippen LogP contribution in [0.3, 0.4) is 0 Å². The van der Waals surface area contributed by atoms with Gasteiger partial charge >= 0.3 is 12.0 Å². The molecule has 3 unspecified atom stereocenters. The molecule has 112 valence electrons. The van der Waals surface area contributed by atoms with Crippen molar-refractivity contribution < 1.29 is 19.8 Å². The fraction of sp³-hybridized carbons (Fsp3) is 0.467. The number of likely N-dealkylation sites (tertiary alicyclic amines) is 1. The van der Waals surface area contributed by atoms with E-state index in [2.05, 4.69) is 5.32 Å². The lowest BCUT2D eigenvalue weighted by Crippen LogP contribution is -2.47. The lowest BCUT2D eigenvalue weighted by Gasteiger charge is -2.21. The summed E-state index contributed by atoms with van der Waals surface area (Å²) in [6.45, 7) is 0.0749. The summed E-state index contributed by atoms with van der Waals surface area (Å²) in [4.78, 5) is 24.5. The minimum atomic E-state index is -1.07. The Kier molecular flexibility index (Phi) is 3.55. The monoisotopic (exact) mass is 290 g/mol. The fourth-order valence-electron chi connectivity index (χ4n) is 2.94. The zero-order valence-corrected chi connectivity index (χ0v) is 11.5. The molecule has 1 aromatic carbocycles. The number of rotatable bonds is 3. The second-order valence-corrected chi connectivity index (χ2v) is 5.70. The summed E-state index contributed by atoms with van der Waals surface area (Å²) >= 11 is 0. The van der Waals surface area contributed by atoms with Crippen LogP contribution >= 0.6 is 0 Å². The number of β-amino-alcohol motifs (C(OH)–C–C–N with tert-alkyl or cyclic N) is 1. The predicted octanol–water partition coefficient (Wildman–Crippen LogP) is 0.772. The van der Waals surface area contributed by atoms with E-state index in [9.17, 15) is 14.7 Å². The fourth-order valence-corrected chi connectivity index (χ4v) is 2.94. The maximum atomic E-state index is 12.2. The Bertz CT molecular complexity index is 548. The first-order valence-corrected chi connectivity index (χ1v) is 7.09. The van der Waals surface area contributed by atoms with Crippen molar-refractivity contribution in [3.8, 4) is 0 Å². The first-order valence-electron chi connectivity index (χ1n) is 7.09. The Hall–Kier alpha value is -2.08. The van der Waals surface area contributed by atoms with Crippen LogP contribution in [-0.2, 0) is 4.79 Å². The number of aliphatic hydroxyl groups excluding tert-OH is 1. The smallest absolute Gasteiger partial charge is 0.326 e. The van der Waals surface area contributed by atoms with Crippen LogP contribution < -0.4 is 5.32 Å². The molecule has 4 atom stereocenters. The van der Waals surface area contributed by atoms with Crippen molar-refractivity contribution in [3.05, 3.63) is 35.9 Å². The van der Waals surface area contributed by atoms with E-state index < -0.39 is 24.1 Å². The van der Waals surface area contributed by atoms with Crippen molar-refractivity contribution in [3.63, 3.8) is 0 Å². The van der Waals surface area contributed by atoms with Crippen LogP contribution in [0.2, 0.25) is 0 Å². The summed E-state index contributed by atoms with van der Waals surface area (Å²) < 4.78 is 0. The number of nitrogens with one attached hydrogen (secondary N) is 1. The van der Waals surface area contributed by atoms with Crippen molar-refractivity contribution in [2.24, 2.45) is 0 Å². The van der Waals surface area contributed by atoms with Gasteiger partial charge in [-0.25, -0.2) is 9.59 Å². The first-order chi connectivity index (χ1) is 10.1. The zero-order chi connectivity index (χ0) is 15.0. The van der Waals surface area contributed by atoms with Crippen molar-refractivity contribution in [2.75, 3.05) is 6.54 Å². The minimum absolute atomic E-state index is 0.0482. The van der Waals surface area contributed by atoms with Gasteiger partial charge in [-0.1, -0.05) is 30.3 Å². The van der Waals surface area contributed by atoms with Crippen LogP contribution in [0.15, 0.2) is 30.3 Å². The summed E-state index contributed by atoms with van der Waals surface area (Å²) in [6.07, 6.45) is 0.195. The number of carbonyl (C=O) groups excluding carboxylic acids is 1. The summed E-state index contributed by atoms with van der Waals surface area (Å²) in [7, 11) is 0. The highest BCUT2D eigenvalue weighted by Gasteiger charge is 2.44. The largest absolute Gasteiger partial charge is 0.480 e. The molecule has 1 heterocycles. The Balaban J connectivity index is 1.59. The Labute approximate surface area is 122 Å². The van der Waals surface area contributed by atoms with Gasteiger partial charge in [-0.2, -0.15) is 0 Å². The van der Waals surface area contributed by atoms with Crippen molar-refractivity contribution in [1.82, 2.24) is 10.2 Å². The van der Waals surface area contributed by atoms with Gasteiger partial charge in [0, 0.05) is 24.9 Å². The molecule has 6 heteroatoms. The summed E-state index contributed by atoms with van der Waals surface area (Å²) in [5.74, 6) is -0.775. The molecule has 0 spiro atoms. The predicted molar refractivity (Wildman–Crippen MR) is 74.9 cm³/mol. The summed E-state index contributed by atoms with van der Waals surface area (Å²) in [6, 6.07) is 8.63. The molecule has 1 saturated heterocycles. The molecule has 1 saturated carbocycles. The first kappa shape index (κ1) is 13.9. The van der Waals surface area contributed by atoms with E-state index in [0.29, 0.717) is 5.92 Å². The molecule has 1 aromatic rings. The van der Waals surface area contributed by atoms with Gasteiger partial charge in [0.2, 0.25) is 0 Å². The number of benzene rings is 1. The number of aliphatic hydroxyl groups is 1. The molecule has 1 aliphatic carbocycles. The van der Waals surface area contributed by atoms with Crippen LogP contribution in [-0.4, -0.2) is 51.8 Å². The highest BCUT2D eigenvalue weighted by atomic mass is 16.4. The van der Waals surface area contributed by atoms with Gasteiger partial charge in [0.25, 0.3) is 0 Å². The molecule has 0 radical (unpaired) electrons. The number of urea groups is 1. The SMILES string of the molecule is O=C(O)[C@@H]1CC(O)CN1C(=O)NC1CC1c1ccccc1. The molecule has 0 aromatic heterocycles. The second kappa shape index (κ2) is 5.37. The van der Waals surface area contributed by atoms with Crippen molar-refractivity contribution >= 4 is 12.0 Å². The zero-order valence-electron chi connectivity index (χ0n) is 11.5. The highest BCUT2D eigenvalue weighted by Crippen LogP contribution is 2.40. The molecule has 3 rings (SSSR count). The number of aliphatic carboxylic acids is 1. The van der Waals surface area contributed by atoms with Crippen LogP contribution in [0.4, 0.5) is 4.79 Å². The third-order valence-corrected chi connectivity index (χ3v) is 4.15. The van der Waals surface area contributed by atoms with Gasteiger partial charge in [-0.15, -0.1) is 0 Å². The third-order valence-electron chi connectivity index (χ3n) is 4.15. The molecule has 2 amide bonds. The number of carboxylic acid groups (broad SMARTS) is 1. The number of hydrogen-bond acceptors (Lipinski definition) is 3. The molecular formula is C15H18N2O4. The summed E-state index contributed by atoms with van der Waals surface area (Å²) in [5.41, 5.74) is 1.18. The average molecular weight is 290 g/mol. The molecular weight excluding hydrogens is 272 g/mol. The molecule has 3 N–H and O–H groups in total. The van der Waals surface area contributed by atoms with E-state index in [1.165, 1.54) is 10.5 Å². The Morgan fingerprint density at radius 1 is 1.19 bits per heavy atom. The number of amides is 2. The quantitative estimate of drug-likeness (QED) is 0.767. The van der Waals surface area contributed by atoms with Crippen LogP contribution in [0.1, 0.15) is 24.3 Å². The van der Waals surface area contributed by atoms with E-state index in [-0.39, 0.29) is 19.0 Å². The lowest BCUT2D eigenvalue weighted by molar-refractivity contribution is -0.141. The van der Waals surface area contributed by atoms with Crippen LogP contribution in [0.5, 0.6) is 0 Å². The van der Waals surface area contributed by atoms with E-state index in [4.69, 9.17) is 5.11 Å². The van der Waals surface area contributed by atoms with Crippen molar-refractivity contribution in [1.29, 1.82) is 0 Å². The average Bonchev–Trinajstić information content (AvgIpc) is 3.11. The van der Waals surface area contributed by atoms with E-state index in [1.807, 2.05) is 30.3 Å². The van der Waals surface area contributed by atoms with Crippen LogP contribution in [0.25, 0.3) is 0 Å². The summed E-state index contributed by atoms with van der Waals surface area (Å²) in [5, 5.41) is 21.5. The topological polar surface area (TPSA) is 89.9 Å². The van der Waals surface area contributed by atoms with Gasteiger partial charge < -0.3 is 20.4 Å². The highest BCUT2D eigenvalue weighted by molar-refractivity contribution is 5.83. The van der Waals surface area contributed by atoms with Crippen molar-refractivity contribution in [2.45, 2.75) is 36.9 Å². The molecule has 2 aliphatic rings. The van der Waals surface area contributed by atoms with Gasteiger partial charge in [0.15, 0.2) is 0 Å². The maximum Gasteiger partial charge on any atom is 0.326 e. The number of carboxylic acids is 1. The Morgan fingerprint density at radius 3 is 2.57 bits per heavy atom. The lowest BCUT2D eigenvalue weighted by atomic mass is 10.1. The van der Waals surface area contributed by atoms with E-state index in [1.54, 1.807) is 0 Å². The Morgan fingerprint density at radius 2 is 1.90 bits per heavy atom. The maximum absolute atomic E-state index is 12.2. The van der Waals surface area contributed by atoms with Gasteiger partial charge in [-0.3, -0.25) is 0 Å². The molecule has 21 heavy (non-hydrogen) atoms. The number of hydrogen-bond donors (Lipinski definition) is 3. The molecule has 6 nitrogen and oxygen atoms in total. The van der Waals surface area contributed by atoms with E-state index in [0.717, 1.165) is 6.42 Å². The minimum Gasteiger partial charge on any atom is -0.480 e. The number of carbonyl (C=O) groups is 2. The van der Waals surface area contributed by atoms with Gasteiger partial charge in [-0.05, 0) is 12.0 Å². The second-order valence-electron chi connectivity index (χ2n) is 5.70. The molecule has 2 fully saturated rings. The third kappa shape index (κ3) is 2.85. The molecule has 0 bridgehead atoms. The standard InChI is InChI=1S/C15H18N2O4/c18-10-6-13(14(19)20)17(8-10)15(21)16-12-7-11(12)9-4-2-1-3-5-9/h1-5,10-13,18H,6-8H2,(H,16,21)(H,19,20)/t10?,11?,12?,13-/m0/s1. The molecule has 1 aliphatic heterocycles. The van der Waals surface area contributed by atoms with Crippen LogP contribution in [0, 0.1) is 0 Å². The van der Waals surface area contributed by atoms with Gasteiger partial charge in [0.1, 0.15) is 6.04 Å². The number of nitrogens with zero attached hydrogens (tertiary/aromatic N) is 1. The van der Waals surface area contributed by atoms with E-state index >= 15 is 0 Å². The normalized spacial score (nSPS) is 31.0.